The third-order valence-electron chi connectivity index (χ3n) is 5.25. The molecule has 0 fully saturated rings. The van der Waals surface area contributed by atoms with Crippen molar-refractivity contribution in [1.29, 1.82) is 0 Å². The van der Waals surface area contributed by atoms with E-state index in [1.807, 2.05) is 31.4 Å². The summed E-state index contributed by atoms with van der Waals surface area (Å²) in [5.41, 5.74) is 5.60. The fourth-order valence-corrected chi connectivity index (χ4v) is 4.57. The molecular formula is C25H26N2O2S. The van der Waals surface area contributed by atoms with Crippen molar-refractivity contribution in [3.63, 3.8) is 0 Å². The molecule has 0 saturated carbocycles. The number of rotatable bonds is 6. The lowest BCUT2D eigenvalue weighted by Crippen LogP contribution is -2.23. The summed E-state index contributed by atoms with van der Waals surface area (Å²) in [5.74, 6) is 1.31. The fourth-order valence-electron chi connectivity index (χ4n) is 3.66. The van der Waals surface area contributed by atoms with Crippen molar-refractivity contribution in [3.8, 4) is 16.9 Å². The minimum Gasteiger partial charge on any atom is -0.492 e. The van der Waals surface area contributed by atoms with Crippen LogP contribution < -0.4 is 10.3 Å². The first kappa shape index (κ1) is 20.4. The molecule has 0 aliphatic rings. The van der Waals surface area contributed by atoms with E-state index in [2.05, 4.69) is 49.2 Å². The second kappa shape index (κ2) is 8.44. The Hall–Kier alpha value is -2.92. The van der Waals surface area contributed by atoms with Gasteiger partial charge in [0.15, 0.2) is 0 Å². The van der Waals surface area contributed by atoms with Gasteiger partial charge in [0.25, 0.3) is 5.56 Å². The fraction of sp³-hybridized carbons (Fsp3) is 0.280. The molecule has 0 spiro atoms. The maximum Gasteiger partial charge on any atom is 0.262 e. The molecule has 2 aromatic carbocycles. The van der Waals surface area contributed by atoms with Gasteiger partial charge in [0, 0.05) is 10.9 Å². The maximum atomic E-state index is 13.2. The smallest absolute Gasteiger partial charge is 0.262 e. The summed E-state index contributed by atoms with van der Waals surface area (Å²) >= 11 is 1.51. The Balaban J connectivity index is 1.59. The van der Waals surface area contributed by atoms with Crippen LogP contribution in [0.5, 0.6) is 5.75 Å². The van der Waals surface area contributed by atoms with Gasteiger partial charge in [0.05, 0.1) is 18.3 Å². The normalized spacial score (nSPS) is 11.4. The molecule has 0 N–H and O–H groups in total. The Morgan fingerprint density at radius 2 is 1.77 bits per heavy atom. The van der Waals surface area contributed by atoms with Gasteiger partial charge in [-0.25, -0.2) is 4.98 Å². The number of hydrogen-bond donors (Lipinski definition) is 0. The summed E-state index contributed by atoms with van der Waals surface area (Å²) in [5, 5.41) is 2.71. The number of aryl methyl sites for hydroxylation is 2. The van der Waals surface area contributed by atoms with Crippen molar-refractivity contribution in [2.75, 3.05) is 6.61 Å². The third-order valence-corrected chi connectivity index (χ3v) is 6.13. The van der Waals surface area contributed by atoms with Crippen LogP contribution >= 0.6 is 11.3 Å². The largest absolute Gasteiger partial charge is 0.492 e. The van der Waals surface area contributed by atoms with Crippen LogP contribution in [0.1, 0.15) is 36.5 Å². The molecule has 4 rings (SSSR count). The van der Waals surface area contributed by atoms with Gasteiger partial charge in [-0.1, -0.05) is 44.2 Å². The van der Waals surface area contributed by atoms with Gasteiger partial charge >= 0.3 is 0 Å². The number of hydrogen-bond acceptors (Lipinski definition) is 4. The zero-order valence-electron chi connectivity index (χ0n) is 17.8. The molecule has 0 unspecified atom stereocenters. The van der Waals surface area contributed by atoms with Crippen molar-refractivity contribution < 1.29 is 4.74 Å². The molecule has 30 heavy (non-hydrogen) atoms. The molecule has 0 bridgehead atoms. The summed E-state index contributed by atoms with van der Waals surface area (Å²) in [6, 6.07) is 14.6. The highest BCUT2D eigenvalue weighted by molar-refractivity contribution is 7.17. The second-order valence-corrected chi connectivity index (χ2v) is 8.88. The first-order chi connectivity index (χ1) is 14.4. The van der Waals surface area contributed by atoms with Crippen molar-refractivity contribution >= 4 is 21.6 Å². The second-order valence-electron chi connectivity index (χ2n) is 8.02. The average molecular weight is 419 g/mol. The Kier molecular flexibility index (Phi) is 5.73. The Morgan fingerprint density at radius 1 is 1.07 bits per heavy atom. The number of benzene rings is 2. The first-order valence-electron chi connectivity index (χ1n) is 10.2. The Labute approximate surface area is 180 Å². The predicted molar refractivity (Wildman–Crippen MR) is 125 cm³/mol. The highest BCUT2D eigenvalue weighted by Crippen LogP contribution is 2.31. The SMILES string of the molecule is Cc1cc(C)cc(OCCn2cnc3scc(-c4ccc(C(C)C)cc4)c3c2=O)c1. The zero-order valence-corrected chi connectivity index (χ0v) is 18.6. The number of nitrogens with zero attached hydrogens (tertiary/aromatic N) is 2. The molecule has 0 saturated heterocycles. The van der Waals surface area contributed by atoms with E-state index in [9.17, 15) is 4.79 Å². The molecular weight excluding hydrogens is 392 g/mol. The van der Waals surface area contributed by atoms with Crippen molar-refractivity contribution in [2.45, 2.75) is 40.2 Å². The van der Waals surface area contributed by atoms with Crippen LogP contribution in [-0.4, -0.2) is 16.2 Å². The molecule has 4 aromatic rings. The van der Waals surface area contributed by atoms with E-state index >= 15 is 0 Å². The van der Waals surface area contributed by atoms with Crippen LogP contribution in [0, 0.1) is 13.8 Å². The number of fused-ring (bicyclic) bond motifs is 1. The van der Waals surface area contributed by atoms with E-state index in [0.717, 1.165) is 32.8 Å². The molecule has 0 atom stereocenters. The monoisotopic (exact) mass is 418 g/mol. The average Bonchev–Trinajstić information content (AvgIpc) is 3.14. The maximum absolute atomic E-state index is 13.2. The van der Waals surface area contributed by atoms with Gasteiger partial charge < -0.3 is 4.74 Å². The zero-order chi connectivity index (χ0) is 21.3. The van der Waals surface area contributed by atoms with Crippen molar-refractivity contribution in [3.05, 3.63) is 81.2 Å². The first-order valence-corrected chi connectivity index (χ1v) is 11.1. The van der Waals surface area contributed by atoms with Gasteiger partial charge in [-0.3, -0.25) is 9.36 Å². The molecule has 5 heteroatoms. The molecule has 0 radical (unpaired) electrons. The lowest BCUT2D eigenvalue weighted by molar-refractivity contribution is 0.295. The minimum absolute atomic E-state index is 0.0202. The highest BCUT2D eigenvalue weighted by Gasteiger charge is 2.13. The van der Waals surface area contributed by atoms with E-state index in [0.29, 0.717) is 24.5 Å². The van der Waals surface area contributed by atoms with Crippen LogP contribution in [0.25, 0.3) is 21.3 Å². The lowest BCUT2D eigenvalue weighted by Gasteiger charge is -2.10. The van der Waals surface area contributed by atoms with Crippen LogP contribution in [0.2, 0.25) is 0 Å². The van der Waals surface area contributed by atoms with Crippen molar-refractivity contribution in [1.82, 2.24) is 9.55 Å². The molecule has 0 aliphatic carbocycles. The van der Waals surface area contributed by atoms with Gasteiger partial charge in [0.1, 0.15) is 17.2 Å². The van der Waals surface area contributed by atoms with Gasteiger partial charge in [-0.05, 0) is 54.2 Å². The summed E-state index contributed by atoms with van der Waals surface area (Å²) in [7, 11) is 0. The van der Waals surface area contributed by atoms with Crippen LogP contribution in [0.3, 0.4) is 0 Å². The predicted octanol–water partition coefficient (Wildman–Crippen LogP) is 5.94. The van der Waals surface area contributed by atoms with E-state index < -0.39 is 0 Å². The minimum atomic E-state index is -0.0202. The molecule has 0 aliphatic heterocycles. The van der Waals surface area contributed by atoms with Gasteiger partial charge in [-0.2, -0.15) is 0 Å². The molecule has 0 amide bonds. The third kappa shape index (κ3) is 4.17. The molecule has 2 heterocycles. The number of ether oxygens (including phenoxy) is 1. The standard InChI is InChI=1S/C25H26N2O2S/c1-16(2)19-5-7-20(8-6-19)22-14-30-24-23(22)25(28)27(15-26-24)9-10-29-21-12-17(3)11-18(4)13-21/h5-8,11-16H,9-10H2,1-4H3. The molecule has 2 aromatic heterocycles. The van der Waals surface area contributed by atoms with Crippen molar-refractivity contribution in [2.24, 2.45) is 0 Å². The van der Waals surface area contributed by atoms with Crippen LogP contribution in [0.15, 0.2) is 59.0 Å². The number of aromatic nitrogens is 2. The van der Waals surface area contributed by atoms with Gasteiger partial charge in [0.2, 0.25) is 0 Å². The van der Waals surface area contributed by atoms with Crippen LogP contribution in [-0.2, 0) is 6.54 Å². The summed E-state index contributed by atoms with van der Waals surface area (Å²) in [4.78, 5) is 18.5. The van der Waals surface area contributed by atoms with E-state index in [-0.39, 0.29) is 5.56 Å². The highest BCUT2D eigenvalue weighted by atomic mass is 32.1. The lowest BCUT2D eigenvalue weighted by atomic mass is 9.99. The topological polar surface area (TPSA) is 44.1 Å². The van der Waals surface area contributed by atoms with Gasteiger partial charge in [-0.15, -0.1) is 11.3 Å². The summed E-state index contributed by atoms with van der Waals surface area (Å²) in [6.45, 7) is 9.33. The van der Waals surface area contributed by atoms with E-state index in [1.165, 1.54) is 16.9 Å². The summed E-state index contributed by atoms with van der Waals surface area (Å²) < 4.78 is 7.53. The number of thiophene rings is 1. The quantitative estimate of drug-likeness (QED) is 0.389. The van der Waals surface area contributed by atoms with E-state index in [4.69, 9.17) is 4.74 Å². The Bertz CT molecular complexity index is 1220. The Morgan fingerprint density at radius 3 is 2.43 bits per heavy atom. The van der Waals surface area contributed by atoms with E-state index in [1.54, 1.807) is 10.9 Å². The van der Waals surface area contributed by atoms with Crippen LogP contribution in [0.4, 0.5) is 0 Å². The molecule has 4 nitrogen and oxygen atoms in total. The molecule has 154 valence electrons. The summed E-state index contributed by atoms with van der Waals surface area (Å²) in [6.07, 6.45) is 1.62.